The first kappa shape index (κ1) is 13.6. The average molecular weight is 268 g/mol. The summed E-state index contributed by atoms with van der Waals surface area (Å²) < 4.78 is 32.2. The molecule has 0 saturated heterocycles. The van der Waals surface area contributed by atoms with Crippen molar-refractivity contribution in [3.05, 3.63) is 34.9 Å². The van der Waals surface area contributed by atoms with E-state index < -0.39 is 30.2 Å². The van der Waals surface area contributed by atoms with E-state index in [-0.39, 0.29) is 5.56 Å². The predicted molar refractivity (Wildman–Crippen MR) is 64.2 cm³/mol. The van der Waals surface area contributed by atoms with Crippen LogP contribution in [0.3, 0.4) is 0 Å². The Morgan fingerprint density at radius 1 is 1.47 bits per heavy atom. The maximum Gasteiger partial charge on any atom is 0.313 e. The number of benzene rings is 1. The van der Waals surface area contributed by atoms with Crippen LogP contribution in [0.25, 0.3) is 0 Å². The molecule has 1 atom stereocenters. The maximum absolute atomic E-state index is 13.6. The quantitative estimate of drug-likeness (QED) is 0.774. The Kier molecular flexibility index (Phi) is 3.39. The van der Waals surface area contributed by atoms with Gasteiger partial charge in [0.15, 0.2) is 0 Å². The van der Waals surface area contributed by atoms with Crippen LogP contribution in [0.1, 0.15) is 47.9 Å². The van der Waals surface area contributed by atoms with Crippen LogP contribution in [0.15, 0.2) is 18.2 Å². The molecule has 1 aromatic rings. The number of rotatable bonds is 2. The van der Waals surface area contributed by atoms with Crippen molar-refractivity contribution in [3.8, 4) is 0 Å². The number of hydrogen-bond acceptors (Lipinski definition) is 3. The molecule has 1 aliphatic rings. The zero-order valence-electron chi connectivity index (χ0n) is 10.7. The zero-order chi connectivity index (χ0) is 14.2. The van der Waals surface area contributed by atoms with Crippen molar-refractivity contribution in [3.63, 3.8) is 0 Å². The monoisotopic (exact) mass is 268 g/mol. The lowest BCUT2D eigenvalue weighted by atomic mass is 9.84. The van der Waals surface area contributed by atoms with Gasteiger partial charge in [-0.05, 0) is 12.0 Å². The molecular weight excluding hydrogens is 254 g/mol. The smallest absolute Gasteiger partial charge is 0.313 e. The molecule has 0 aromatic heterocycles. The van der Waals surface area contributed by atoms with E-state index in [4.69, 9.17) is 4.74 Å². The van der Waals surface area contributed by atoms with E-state index >= 15 is 0 Å². The van der Waals surface area contributed by atoms with Crippen LogP contribution in [-0.2, 0) is 16.0 Å². The van der Waals surface area contributed by atoms with E-state index in [1.165, 1.54) is 6.07 Å². The molecule has 1 aromatic carbocycles. The standard InChI is InChI=1S/C14H14F2O3/c1-3-9-4-5-10-11(6-9)12(19-8(2)17)7-14(15,16)13(10)18/h4-6,12H,3,7H2,1-2H3. The van der Waals surface area contributed by atoms with Gasteiger partial charge in [-0.3, -0.25) is 9.59 Å². The first-order valence-corrected chi connectivity index (χ1v) is 6.08. The Balaban J connectivity index is 2.52. The molecule has 0 fully saturated rings. The molecule has 0 bridgehead atoms. The van der Waals surface area contributed by atoms with Crippen molar-refractivity contribution >= 4 is 11.8 Å². The normalized spacial score (nSPS) is 20.8. The van der Waals surface area contributed by atoms with Gasteiger partial charge in [-0.15, -0.1) is 0 Å². The van der Waals surface area contributed by atoms with Crippen molar-refractivity contribution in [1.29, 1.82) is 0 Å². The minimum Gasteiger partial charge on any atom is -0.457 e. The zero-order valence-corrected chi connectivity index (χ0v) is 10.7. The van der Waals surface area contributed by atoms with Gasteiger partial charge in [0.2, 0.25) is 5.78 Å². The van der Waals surface area contributed by atoms with Crippen LogP contribution in [0.5, 0.6) is 0 Å². The Morgan fingerprint density at radius 3 is 2.74 bits per heavy atom. The lowest BCUT2D eigenvalue weighted by Crippen LogP contribution is -2.37. The number of fused-ring (bicyclic) bond motifs is 1. The van der Waals surface area contributed by atoms with Crippen molar-refractivity contribution in [2.45, 2.75) is 38.7 Å². The number of alkyl halides is 2. The first-order chi connectivity index (χ1) is 8.85. The Bertz CT molecular complexity index is 537. The number of carbonyl (C=O) groups is 2. The van der Waals surface area contributed by atoms with Gasteiger partial charge in [-0.2, -0.15) is 8.78 Å². The van der Waals surface area contributed by atoms with Gasteiger partial charge >= 0.3 is 11.9 Å². The van der Waals surface area contributed by atoms with Crippen LogP contribution in [0.2, 0.25) is 0 Å². The number of ketones is 1. The summed E-state index contributed by atoms with van der Waals surface area (Å²) >= 11 is 0. The molecule has 0 heterocycles. The van der Waals surface area contributed by atoms with Gasteiger partial charge < -0.3 is 4.74 Å². The third-order valence-electron chi connectivity index (χ3n) is 3.20. The molecule has 1 aliphatic carbocycles. The summed E-state index contributed by atoms with van der Waals surface area (Å²) in [6, 6.07) is 4.69. The molecule has 0 amide bonds. The van der Waals surface area contributed by atoms with E-state index in [1.807, 2.05) is 6.92 Å². The number of Topliss-reactive ketones (excluding diaryl/α,β-unsaturated/α-hetero) is 1. The number of halogens is 2. The molecule has 0 spiro atoms. The highest BCUT2D eigenvalue weighted by Crippen LogP contribution is 2.41. The van der Waals surface area contributed by atoms with Crippen molar-refractivity contribution in [2.24, 2.45) is 0 Å². The first-order valence-electron chi connectivity index (χ1n) is 6.08. The van der Waals surface area contributed by atoms with Gasteiger partial charge in [-0.1, -0.05) is 25.1 Å². The van der Waals surface area contributed by atoms with E-state index in [1.54, 1.807) is 12.1 Å². The lowest BCUT2D eigenvalue weighted by Gasteiger charge is -2.30. The number of esters is 1. The highest BCUT2D eigenvalue weighted by atomic mass is 19.3. The predicted octanol–water partition coefficient (Wildman–Crippen LogP) is 3.07. The third kappa shape index (κ3) is 2.50. The summed E-state index contributed by atoms with van der Waals surface area (Å²) in [7, 11) is 0. The average Bonchev–Trinajstić information content (AvgIpc) is 2.34. The van der Waals surface area contributed by atoms with E-state index in [0.717, 1.165) is 12.5 Å². The molecular formula is C14H14F2O3. The summed E-state index contributed by atoms with van der Waals surface area (Å²) in [4.78, 5) is 22.7. The summed E-state index contributed by atoms with van der Waals surface area (Å²) in [6.45, 7) is 3.08. The van der Waals surface area contributed by atoms with E-state index in [0.29, 0.717) is 12.0 Å². The SMILES string of the molecule is CCc1ccc2c(c1)C(OC(C)=O)CC(F)(F)C2=O. The number of aryl methyl sites for hydroxylation is 1. The molecule has 3 nitrogen and oxygen atoms in total. The molecule has 0 aliphatic heterocycles. The van der Waals surface area contributed by atoms with Gasteiger partial charge in [0.05, 0.1) is 6.42 Å². The summed E-state index contributed by atoms with van der Waals surface area (Å²) in [5.41, 5.74) is 1.24. The molecule has 102 valence electrons. The Hall–Kier alpha value is -1.78. The van der Waals surface area contributed by atoms with Crippen LogP contribution in [-0.4, -0.2) is 17.7 Å². The van der Waals surface area contributed by atoms with Crippen molar-refractivity contribution < 1.29 is 23.1 Å². The lowest BCUT2D eigenvalue weighted by molar-refractivity contribution is -0.150. The number of hydrogen-bond donors (Lipinski definition) is 0. The van der Waals surface area contributed by atoms with E-state index in [9.17, 15) is 18.4 Å². The van der Waals surface area contributed by atoms with Crippen LogP contribution < -0.4 is 0 Å². The third-order valence-corrected chi connectivity index (χ3v) is 3.20. The summed E-state index contributed by atoms with van der Waals surface area (Å²) in [6.07, 6.45) is -1.14. The van der Waals surface area contributed by atoms with Crippen LogP contribution >= 0.6 is 0 Å². The molecule has 2 rings (SSSR count). The fourth-order valence-corrected chi connectivity index (χ4v) is 2.24. The molecule has 1 unspecified atom stereocenters. The topological polar surface area (TPSA) is 43.4 Å². The second kappa shape index (κ2) is 4.72. The van der Waals surface area contributed by atoms with Gasteiger partial charge in [0.1, 0.15) is 6.10 Å². The fourth-order valence-electron chi connectivity index (χ4n) is 2.24. The summed E-state index contributed by atoms with van der Waals surface area (Å²) in [5, 5.41) is 0. The Morgan fingerprint density at radius 2 is 2.16 bits per heavy atom. The summed E-state index contributed by atoms with van der Waals surface area (Å²) in [5.74, 6) is -5.32. The fraction of sp³-hybridized carbons (Fsp3) is 0.429. The van der Waals surface area contributed by atoms with E-state index in [2.05, 4.69) is 0 Å². The minimum atomic E-state index is -3.49. The van der Waals surface area contributed by atoms with Crippen LogP contribution in [0, 0.1) is 0 Å². The Labute approximate surface area is 109 Å². The molecule has 0 N–H and O–H groups in total. The highest BCUT2D eigenvalue weighted by Gasteiger charge is 2.48. The molecule has 5 heteroatoms. The molecule has 0 saturated carbocycles. The number of carbonyl (C=O) groups excluding carboxylic acids is 2. The molecule has 0 radical (unpaired) electrons. The second-order valence-electron chi connectivity index (χ2n) is 4.61. The second-order valence-corrected chi connectivity index (χ2v) is 4.61. The highest BCUT2D eigenvalue weighted by molar-refractivity contribution is 6.04. The van der Waals surface area contributed by atoms with Gasteiger partial charge in [0.25, 0.3) is 0 Å². The molecule has 19 heavy (non-hydrogen) atoms. The van der Waals surface area contributed by atoms with Gasteiger partial charge in [0, 0.05) is 18.1 Å². The van der Waals surface area contributed by atoms with Crippen molar-refractivity contribution in [1.82, 2.24) is 0 Å². The van der Waals surface area contributed by atoms with Crippen molar-refractivity contribution in [2.75, 3.05) is 0 Å². The largest absolute Gasteiger partial charge is 0.457 e. The van der Waals surface area contributed by atoms with Crippen LogP contribution in [0.4, 0.5) is 8.78 Å². The minimum absolute atomic E-state index is 0.0558. The number of ether oxygens (including phenoxy) is 1. The maximum atomic E-state index is 13.6. The van der Waals surface area contributed by atoms with Gasteiger partial charge in [-0.25, -0.2) is 0 Å².